The second-order valence-corrected chi connectivity index (χ2v) is 5.13. The summed E-state index contributed by atoms with van der Waals surface area (Å²) in [4.78, 5) is 16.0. The molecular weight excluding hydrogens is 282 g/mol. The predicted octanol–water partition coefficient (Wildman–Crippen LogP) is 2.41. The van der Waals surface area contributed by atoms with Gasteiger partial charge in [-0.25, -0.2) is 4.98 Å². The molecule has 17 heavy (non-hydrogen) atoms. The number of hydrogen-bond donors (Lipinski definition) is 1. The topological polar surface area (TPSA) is 65.8 Å². The summed E-state index contributed by atoms with van der Waals surface area (Å²) in [6, 6.07) is 5.62. The van der Waals surface area contributed by atoms with Gasteiger partial charge < -0.3 is 5.32 Å². The van der Waals surface area contributed by atoms with Crippen LogP contribution in [0, 0.1) is 11.3 Å². The first-order valence-corrected chi connectivity index (χ1v) is 6.30. The Bertz CT molecular complexity index is 458. The van der Waals surface area contributed by atoms with Gasteiger partial charge in [0.25, 0.3) is 5.91 Å². The number of nitrogens with zero attached hydrogens (tertiary/aromatic N) is 2. The van der Waals surface area contributed by atoms with Gasteiger partial charge in [-0.2, -0.15) is 5.26 Å². The zero-order valence-electron chi connectivity index (χ0n) is 9.24. The van der Waals surface area contributed by atoms with E-state index >= 15 is 0 Å². The number of aromatic nitrogens is 1. The molecular formula is C12H12BrN3O. The van der Waals surface area contributed by atoms with Crippen LogP contribution in [-0.2, 0) is 0 Å². The average molecular weight is 294 g/mol. The fraction of sp³-hybridized carbons (Fsp3) is 0.417. The normalized spacial score (nSPS) is 17.4. The molecule has 1 aromatic heterocycles. The third kappa shape index (κ3) is 2.64. The summed E-state index contributed by atoms with van der Waals surface area (Å²) in [5.41, 5.74) is -0.346. The summed E-state index contributed by atoms with van der Waals surface area (Å²) in [5, 5.41) is 12.0. The highest BCUT2D eigenvalue weighted by Crippen LogP contribution is 2.29. The molecule has 0 bridgehead atoms. The molecule has 0 aliphatic heterocycles. The lowest BCUT2D eigenvalue weighted by atomic mass is 10.00. The Morgan fingerprint density at radius 1 is 1.47 bits per heavy atom. The van der Waals surface area contributed by atoms with E-state index in [0.29, 0.717) is 5.69 Å². The van der Waals surface area contributed by atoms with E-state index in [1.807, 2.05) is 0 Å². The molecule has 1 fully saturated rings. The second-order valence-electron chi connectivity index (χ2n) is 4.22. The maximum atomic E-state index is 11.9. The van der Waals surface area contributed by atoms with E-state index in [2.05, 4.69) is 32.3 Å². The number of amides is 1. The number of halogens is 1. The van der Waals surface area contributed by atoms with Crippen LogP contribution in [0.15, 0.2) is 22.8 Å². The highest BCUT2D eigenvalue weighted by atomic mass is 79.9. The molecule has 0 saturated heterocycles. The van der Waals surface area contributed by atoms with E-state index in [1.54, 1.807) is 18.3 Å². The second kappa shape index (κ2) is 4.84. The van der Waals surface area contributed by atoms with Gasteiger partial charge in [-0.3, -0.25) is 4.79 Å². The third-order valence-corrected chi connectivity index (χ3v) is 3.45. The number of pyridine rings is 1. The summed E-state index contributed by atoms with van der Waals surface area (Å²) in [6.45, 7) is 0. The van der Waals surface area contributed by atoms with Gasteiger partial charge in [-0.15, -0.1) is 0 Å². The lowest BCUT2D eigenvalue weighted by Gasteiger charge is -2.21. The summed E-state index contributed by atoms with van der Waals surface area (Å²) in [7, 11) is 0. The first kappa shape index (κ1) is 12.1. The van der Waals surface area contributed by atoms with Crippen molar-refractivity contribution in [3.63, 3.8) is 0 Å². The molecule has 1 aliphatic carbocycles. The quantitative estimate of drug-likeness (QED) is 0.911. The highest BCUT2D eigenvalue weighted by molar-refractivity contribution is 9.10. The molecule has 2 rings (SSSR count). The molecule has 0 unspecified atom stereocenters. The Hall–Kier alpha value is -1.41. The Morgan fingerprint density at radius 3 is 2.71 bits per heavy atom. The SMILES string of the molecule is N#CC1(NC(=O)c2ccc(Br)cn2)CCCC1. The fourth-order valence-electron chi connectivity index (χ4n) is 2.03. The van der Waals surface area contributed by atoms with E-state index < -0.39 is 5.54 Å². The van der Waals surface area contributed by atoms with Crippen molar-refractivity contribution in [2.24, 2.45) is 0 Å². The van der Waals surface area contributed by atoms with Crippen LogP contribution in [0.4, 0.5) is 0 Å². The maximum absolute atomic E-state index is 11.9. The van der Waals surface area contributed by atoms with Gasteiger partial charge >= 0.3 is 0 Å². The van der Waals surface area contributed by atoms with E-state index in [4.69, 9.17) is 5.26 Å². The Kier molecular flexibility index (Phi) is 3.43. The zero-order chi connectivity index (χ0) is 12.3. The molecule has 5 heteroatoms. The molecule has 1 N–H and O–H groups in total. The number of carbonyl (C=O) groups excluding carboxylic acids is 1. The van der Waals surface area contributed by atoms with Crippen molar-refractivity contribution in [1.29, 1.82) is 5.26 Å². The number of nitriles is 1. The summed E-state index contributed by atoms with van der Waals surface area (Å²) in [5.74, 6) is -0.277. The van der Waals surface area contributed by atoms with Crippen LogP contribution in [0.3, 0.4) is 0 Å². The number of hydrogen-bond acceptors (Lipinski definition) is 3. The molecule has 1 saturated carbocycles. The highest BCUT2D eigenvalue weighted by Gasteiger charge is 2.35. The van der Waals surface area contributed by atoms with Crippen molar-refractivity contribution < 1.29 is 4.79 Å². The lowest BCUT2D eigenvalue weighted by Crippen LogP contribution is -2.45. The van der Waals surface area contributed by atoms with E-state index in [1.165, 1.54) is 0 Å². The summed E-state index contributed by atoms with van der Waals surface area (Å²) in [6.07, 6.45) is 5.00. The van der Waals surface area contributed by atoms with Crippen LogP contribution in [0.1, 0.15) is 36.2 Å². The molecule has 1 aromatic rings. The van der Waals surface area contributed by atoms with Crippen molar-refractivity contribution in [2.45, 2.75) is 31.2 Å². The van der Waals surface area contributed by atoms with Crippen LogP contribution >= 0.6 is 15.9 Å². The van der Waals surface area contributed by atoms with Crippen LogP contribution in [0.25, 0.3) is 0 Å². The standard InChI is InChI=1S/C12H12BrN3O/c13-9-3-4-10(15-7-9)11(17)16-12(8-14)5-1-2-6-12/h3-4,7H,1-2,5-6H2,(H,16,17). The van der Waals surface area contributed by atoms with E-state index in [0.717, 1.165) is 30.2 Å². The van der Waals surface area contributed by atoms with E-state index in [9.17, 15) is 4.79 Å². The molecule has 0 spiro atoms. The monoisotopic (exact) mass is 293 g/mol. The predicted molar refractivity (Wildman–Crippen MR) is 66.2 cm³/mol. The Labute approximate surface area is 108 Å². The molecule has 1 aliphatic rings. The molecule has 0 aromatic carbocycles. The van der Waals surface area contributed by atoms with Crippen molar-refractivity contribution in [1.82, 2.24) is 10.3 Å². The maximum Gasteiger partial charge on any atom is 0.271 e. The Morgan fingerprint density at radius 2 is 2.18 bits per heavy atom. The minimum Gasteiger partial charge on any atom is -0.332 e. The number of nitrogens with one attached hydrogen (secondary N) is 1. The fourth-order valence-corrected chi connectivity index (χ4v) is 2.27. The summed E-state index contributed by atoms with van der Waals surface area (Å²) >= 11 is 3.26. The van der Waals surface area contributed by atoms with Crippen LogP contribution in [-0.4, -0.2) is 16.4 Å². The molecule has 1 amide bonds. The van der Waals surface area contributed by atoms with Crippen molar-refractivity contribution in [3.8, 4) is 6.07 Å². The molecule has 88 valence electrons. The lowest BCUT2D eigenvalue weighted by molar-refractivity contribution is 0.0915. The largest absolute Gasteiger partial charge is 0.332 e. The molecule has 1 heterocycles. The molecule has 0 atom stereocenters. The van der Waals surface area contributed by atoms with Gasteiger partial charge in [0.05, 0.1) is 6.07 Å². The Balaban J connectivity index is 2.11. The van der Waals surface area contributed by atoms with Gasteiger partial charge in [0.2, 0.25) is 0 Å². The minimum atomic E-state index is -0.689. The van der Waals surface area contributed by atoms with Gasteiger partial charge in [0.15, 0.2) is 0 Å². The number of rotatable bonds is 2. The van der Waals surface area contributed by atoms with Crippen molar-refractivity contribution >= 4 is 21.8 Å². The number of carbonyl (C=O) groups is 1. The third-order valence-electron chi connectivity index (χ3n) is 2.98. The van der Waals surface area contributed by atoms with Gasteiger partial charge in [0, 0.05) is 10.7 Å². The first-order chi connectivity index (χ1) is 8.15. The van der Waals surface area contributed by atoms with Crippen LogP contribution < -0.4 is 5.32 Å². The van der Waals surface area contributed by atoms with Gasteiger partial charge in [-0.05, 0) is 53.7 Å². The molecule has 0 radical (unpaired) electrons. The molecule has 4 nitrogen and oxygen atoms in total. The smallest absolute Gasteiger partial charge is 0.271 e. The first-order valence-electron chi connectivity index (χ1n) is 5.50. The van der Waals surface area contributed by atoms with Crippen LogP contribution in [0.2, 0.25) is 0 Å². The van der Waals surface area contributed by atoms with Crippen molar-refractivity contribution in [3.05, 3.63) is 28.5 Å². The zero-order valence-corrected chi connectivity index (χ0v) is 10.8. The van der Waals surface area contributed by atoms with Gasteiger partial charge in [0.1, 0.15) is 11.2 Å². The van der Waals surface area contributed by atoms with Crippen LogP contribution in [0.5, 0.6) is 0 Å². The summed E-state index contributed by atoms with van der Waals surface area (Å²) < 4.78 is 0.824. The van der Waals surface area contributed by atoms with E-state index in [-0.39, 0.29) is 5.91 Å². The van der Waals surface area contributed by atoms with Gasteiger partial charge in [-0.1, -0.05) is 0 Å². The van der Waals surface area contributed by atoms with Crippen molar-refractivity contribution in [2.75, 3.05) is 0 Å². The minimum absolute atomic E-state index is 0.277. The average Bonchev–Trinajstić information content (AvgIpc) is 2.79.